The summed E-state index contributed by atoms with van der Waals surface area (Å²) >= 11 is 0. The van der Waals surface area contributed by atoms with Gasteiger partial charge in [-0.15, -0.1) is 12.4 Å². The molecule has 2 aromatic rings. The highest BCUT2D eigenvalue weighted by Gasteiger charge is 2.29. The minimum absolute atomic E-state index is 0. The lowest BCUT2D eigenvalue weighted by molar-refractivity contribution is 0.0925. The van der Waals surface area contributed by atoms with E-state index in [0.717, 1.165) is 17.9 Å². The molecule has 1 aliphatic rings. The quantitative estimate of drug-likeness (QED) is 0.745. The van der Waals surface area contributed by atoms with Gasteiger partial charge in [-0.25, -0.2) is 4.68 Å². The Hall–Kier alpha value is -1.89. The molecule has 1 fully saturated rings. The van der Waals surface area contributed by atoms with E-state index in [-0.39, 0.29) is 29.6 Å². The van der Waals surface area contributed by atoms with Crippen LogP contribution in [0.1, 0.15) is 42.4 Å². The van der Waals surface area contributed by atoms with Crippen molar-refractivity contribution in [2.75, 3.05) is 19.6 Å². The van der Waals surface area contributed by atoms with Crippen molar-refractivity contribution < 1.29 is 9.90 Å². The van der Waals surface area contributed by atoms with E-state index in [2.05, 4.69) is 31.4 Å². The zero-order chi connectivity index (χ0) is 18.9. The number of benzene rings is 1. The molecule has 1 aromatic heterocycles. The zero-order valence-electron chi connectivity index (χ0n) is 16.3. The Morgan fingerprint density at radius 1 is 1.30 bits per heavy atom. The number of aryl methyl sites for hydroxylation is 1. The van der Waals surface area contributed by atoms with Crippen molar-refractivity contribution in [2.45, 2.75) is 39.2 Å². The van der Waals surface area contributed by atoms with Crippen LogP contribution in [0.15, 0.2) is 30.5 Å². The summed E-state index contributed by atoms with van der Waals surface area (Å²) < 4.78 is 1.76. The van der Waals surface area contributed by atoms with Crippen LogP contribution in [0.4, 0.5) is 0 Å². The molecule has 0 saturated carbocycles. The SMILES string of the molecule is Cc1ccc(-n2cc(C(=O)NCC3CNCC3O)c(C(C)(C)C)n2)cc1.Cl. The van der Waals surface area contributed by atoms with Gasteiger partial charge in [0.25, 0.3) is 5.91 Å². The lowest BCUT2D eigenvalue weighted by Crippen LogP contribution is -2.35. The summed E-state index contributed by atoms with van der Waals surface area (Å²) in [5.74, 6) is -0.100. The molecule has 1 aliphatic heterocycles. The van der Waals surface area contributed by atoms with Gasteiger partial charge in [-0.2, -0.15) is 5.10 Å². The molecular weight excluding hydrogens is 364 g/mol. The van der Waals surface area contributed by atoms with E-state index in [1.165, 1.54) is 5.56 Å². The van der Waals surface area contributed by atoms with E-state index in [4.69, 9.17) is 5.10 Å². The van der Waals surface area contributed by atoms with Crippen molar-refractivity contribution in [3.8, 4) is 5.69 Å². The number of amides is 1. The van der Waals surface area contributed by atoms with Crippen molar-refractivity contribution in [3.05, 3.63) is 47.3 Å². The molecule has 27 heavy (non-hydrogen) atoms. The third-order valence-electron chi connectivity index (χ3n) is 4.80. The second-order valence-corrected chi connectivity index (χ2v) is 8.12. The van der Waals surface area contributed by atoms with E-state index in [9.17, 15) is 9.90 Å². The topological polar surface area (TPSA) is 79.2 Å². The van der Waals surface area contributed by atoms with Crippen LogP contribution < -0.4 is 10.6 Å². The summed E-state index contributed by atoms with van der Waals surface area (Å²) in [7, 11) is 0. The van der Waals surface area contributed by atoms with Crippen LogP contribution in [0.2, 0.25) is 0 Å². The molecule has 3 rings (SSSR count). The first-order valence-electron chi connectivity index (χ1n) is 9.10. The van der Waals surface area contributed by atoms with Gasteiger partial charge in [0.1, 0.15) is 0 Å². The van der Waals surface area contributed by atoms with Crippen LogP contribution in [-0.4, -0.2) is 46.5 Å². The predicted molar refractivity (Wildman–Crippen MR) is 109 cm³/mol. The van der Waals surface area contributed by atoms with E-state index in [1.807, 2.05) is 31.2 Å². The van der Waals surface area contributed by atoms with Gasteiger partial charge in [0.05, 0.1) is 23.0 Å². The summed E-state index contributed by atoms with van der Waals surface area (Å²) in [4.78, 5) is 12.8. The van der Waals surface area contributed by atoms with Crippen LogP contribution in [0.25, 0.3) is 5.69 Å². The molecule has 3 N–H and O–H groups in total. The molecule has 6 nitrogen and oxygen atoms in total. The highest BCUT2D eigenvalue weighted by atomic mass is 35.5. The van der Waals surface area contributed by atoms with Crippen LogP contribution in [0.5, 0.6) is 0 Å². The monoisotopic (exact) mass is 392 g/mol. The second-order valence-electron chi connectivity index (χ2n) is 8.12. The van der Waals surface area contributed by atoms with Gasteiger partial charge in [0.15, 0.2) is 0 Å². The van der Waals surface area contributed by atoms with Gasteiger partial charge < -0.3 is 15.7 Å². The molecule has 2 atom stereocenters. The number of carbonyl (C=O) groups is 1. The number of hydrogen-bond acceptors (Lipinski definition) is 4. The Morgan fingerprint density at radius 2 is 1.96 bits per heavy atom. The number of aromatic nitrogens is 2. The highest BCUT2D eigenvalue weighted by molar-refractivity contribution is 5.95. The van der Waals surface area contributed by atoms with Crippen molar-refractivity contribution in [1.82, 2.24) is 20.4 Å². The maximum Gasteiger partial charge on any atom is 0.254 e. The number of aliphatic hydroxyl groups is 1. The third kappa shape index (κ3) is 4.89. The minimum atomic E-state index is -0.410. The van der Waals surface area contributed by atoms with E-state index >= 15 is 0 Å². The van der Waals surface area contributed by atoms with Gasteiger partial charge in [-0.3, -0.25) is 4.79 Å². The fraction of sp³-hybridized carbons (Fsp3) is 0.500. The standard InChI is InChI=1S/C20H28N4O2.ClH/c1-13-5-7-15(8-6-13)24-12-16(18(23-24)20(2,3)4)19(26)22-10-14-9-21-11-17(14)25;/h5-8,12,14,17,21,25H,9-11H2,1-4H3,(H,22,26);1H. The smallest absolute Gasteiger partial charge is 0.254 e. The third-order valence-corrected chi connectivity index (χ3v) is 4.80. The summed E-state index contributed by atoms with van der Waals surface area (Å²) in [6.45, 7) is 9.95. The molecule has 1 aromatic carbocycles. The van der Waals surface area contributed by atoms with Crippen molar-refractivity contribution >= 4 is 18.3 Å². The molecule has 0 bridgehead atoms. The second kappa shape index (κ2) is 8.42. The predicted octanol–water partition coefficient (Wildman–Crippen LogP) is 2.21. The first-order valence-corrected chi connectivity index (χ1v) is 9.10. The summed E-state index contributed by atoms with van der Waals surface area (Å²) in [5.41, 5.74) is 3.20. The lowest BCUT2D eigenvalue weighted by atomic mass is 9.89. The Labute approximate surface area is 166 Å². The molecular formula is C20H29ClN4O2. The van der Waals surface area contributed by atoms with Crippen LogP contribution >= 0.6 is 12.4 Å². The first-order chi connectivity index (χ1) is 12.3. The van der Waals surface area contributed by atoms with Gasteiger partial charge in [-0.1, -0.05) is 38.5 Å². The van der Waals surface area contributed by atoms with Crippen molar-refractivity contribution in [3.63, 3.8) is 0 Å². The van der Waals surface area contributed by atoms with Crippen LogP contribution in [0, 0.1) is 12.8 Å². The average Bonchev–Trinajstić information content (AvgIpc) is 3.19. The maximum atomic E-state index is 12.8. The Bertz CT molecular complexity index is 780. The average molecular weight is 393 g/mol. The lowest BCUT2D eigenvalue weighted by Gasteiger charge is -2.18. The van der Waals surface area contributed by atoms with Gasteiger partial charge in [0.2, 0.25) is 0 Å². The number of carbonyl (C=O) groups excluding carboxylic acids is 1. The normalized spacial score (nSPS) is 19.6. The minimum Gasteiger partial charge on any atom is -0.391 e. The molecule has 2 heterocycles. The van der Waals surface area contributed by atoms with Gasteiger partial charge in [-0.05, 0) is 19.1 Å². The summed E-state index contributed by atoms with van der Waals surface area (Å²) in [5, 5.41) is 20.7. The molecule has 148 valence electrons. The number of aliphatic hydroxyl groups excluding tert-OH is 1. The zero-order valence-corrected chi connectivity index (χ0v) is 17.1. The number of β-amino-alcohol motifs (C(OH)–C–C–N with tert-alkyl or cyclic N) is 1. The number of halogens is 1. The Balaban J connectivity index is 0.00000261. The number of hydrogen-bond donors (Lipinski definition) is 3. The molecule has 1 amide bonds. The molecule has 2 unspecified atom stereocenters. The highest BCUT2D eigenvalue weighted by Crippen LogP contribution is 2.26. The van der Waals surface area contributed by atoms with E-state index in [0.29, 0.717) is 18.7 Å². The van der Waals surface area contributed by atoms with Crippen molar-refractivity contribution in [1.29, 1.82) is 0 Å². The van der Waals surface area contributed by atoms with Crippen molar-refractivity contribution in [2.24, 2.45) is 5.92 Å². The maximum absolute atomic E-state index is 12.8. The largest absolute Gasteiger partial charge is 0.391 e. The number of nitrogens with zero attached hydrogens (tertiary/aromatic N) is 2. The summed E-state index contributed by atoms with van der Waals surface area (Å²) in [6, 6.07) is 8.05. The fourth-order valence-electron chi connectivity index (χ4n) is 3.17. The number of rotatable bonds is 4. The fourth-order valence-corrected chi connectivity index (χ4v) is 3.17. The van der Waals surface area contributed by atoms with Crippen LogP contribution in [-0.2, 0) is 5.41 Å². The molecule has 7 heteroatoms. The Morgan fingerprint density at radius 3 is 2.52 bits per heavy atom. The summed E-state index contributed by atoms with van der Waals surface area (Å²) in [6.07, 6.45) is 1.39. The molecule has 0 spiro atoms. The molecule has 0 radical (unpaired) electrons. The van der Waals surface area contributed by atoms with Gasteiger partial charge in [0, 0.05) is 37.2 Å². The molecule has 1 saturated heterocycles. The number of nitrogens with one attached hydrogen (secondary N) is 2. The first kappa shape index (κ1) is 21.4. The molecule has 0 aliphatic carbocycles. The van der Waals surface area contributed by atoms with Gasteiger partial charge >= 0.3 is 0 Å². The Kier molecular flexibility index (Phi) is 6.68. The van der Waals surface area contributed by atoms with E-state index < -0.39 is 6.10 Å². The van der Waals surface area contributed by atoms with E-state index in [1.54, 1.807) is 10.9 Å². The van der Waals surface area contributed by atoms with Crippen LogP contribution in [0.3, 0.4) is 0 Å².